The fourth-order valence-corrected chi connectivity index (χ4v) is 0.805. The van der Waals surface area contributed by atoms with E-state index in [0.29, 0.717) is 0 Å². The lowest BCUT2D eigenvalue weighted by molar-refractivity contribution is -0.384. The highest BCUT2D eigenvalue weighted by molar-refractivity contribution is 8.31. The van der Waals surface area contributed by atoms with Crippen LogP contribution >= 0.6 is 33.0 Å². The van der Waals surface area contributed by atoms with E-state index in [1.807, 2.05) is 0 Å². The van der Waals surface area contributed by atoms with Gasteiger partial charge in [0.2, 0.25) is 0 Å². The van der Waals surface area contributed by atoms with E-state index in [2.05, 4.69) is 21.4 Å². The summed E-state index contributed by atoms with van der Waals surface area (Å²) in [7, 11) is 4.81. The van der Waals surface area contributed by atoms with Gasteiger partial charge < -0.3 is 0 Å². The Kier molecular flexibility index (Phi) is 5.89. The third-order valence-electron chi connectivity index (χ3n) is 1.05. The number of nitrogens with zero attached hydrogens (tertiary/aromatic N) is 1. The minimum absolute atomic E-state index is 0.0517. The van der Waals surface area contributed by atoms with Crippen molar-refractivity contribution in [1.82, 2.24) is 0 Å². The predicted molar refractivity (Wildman–Crippen MR) is 58.7 cm³/mol. The molecule has 0 aliphatic heterocycles. The minimum Gasteiger partial charge on any atom is -0.258 e. The first-order valence-electron chi connectivity index (χ1n) is 3.25. The van der Waals surface area contributed by atoms with Crippen molar-refractivity contribution in [3.05, 3.63) is 39.4 Å². The standard InChI is InChI=1S/C6H4ClNO2.Cl2O2S/c7-5-3-1-2-4-6(5)8(9)10;1-5(2,3)4/h1-4H;. The minimum atomic E-state index is -3.72. The largest absolute Gasteiger partial charge is 0.317 e. The van der Waals surface area contributed by atoms with E-state index in [0.717, 1.165) is 0 Å². The number of hydrogen-bond donors (Lipinski definition) is 0. The lowest BCUT2D eigenvalue weighted by Gasteiger charge is -1.90. The summed E-state index contributed by atoms with van der Waals surface area (Å²) in [6, 6.07) is 6.07. The Morgan fingerprint density at radius 3 is 1.87 bits per heavy atom. The predicted octanol–water partition coefficient (Wildman–Crippen LogP) is 2.96. The Balaban J connectivity index is 0.000000336. The molecule has 9 heteroatoms. The average Bonchev–Trinajstić information content (AvgIpc) is 2.01. The molecule has 0 amide bonds. The molecule has 0 unspecified atom stereocenters. The van der Waals surface area contributed by atoms with E-state index in [4.69, 9.17) is 20.0 Å². The van der Waals surface area contributed by atoms with Crippen molar-refractivity contribution in [2.24, 2.45) is 0 Å². The molecular weight excluding hydrogens is 288 g/mol. The molecule has 1 aromatic carbocycles. The van der Waals surface area contributed by atoms with Gasteiger partial charge in [0.1, 0.15) is 5.02 Å². The Morgan fingerprint density at radius 1 is 1.20 bits per heavy atom. The zero-order valence-electron chi connectivity index (χ0n) is 6.93. The first kappa shape index (κ1) is 14.4. The molecule has 5 nitrogen and oxygen atoms in total. The van der Waals surface area contributed by atoms with E-state index < -0.39 is 13.2 Å². The van der Waals surface area contributed by atoms with E-state index >= 15 is 0 Å². The molecule has 0 atom stereocenters. The summed E-state index contributed by atoms with van der Waals surface area (Å²) in [4.78, 5) is 9.63. The van der Waals surface area contributed by atoms with Gasteiger partial charge in [0.15, 0.2) is 0 Å². The second-order valence-corrected chi connectivity index (χ2v) is 6.16. The lowest BCUT2D eigenvalue weighted by Crippen LogP contribution is -1.87. The molecule has 0 saturated carbocycles. The molecular formula is C6H4Cl3NO4S. The van der Waals surface area contributed by atoms with Gasteiger partial charge in [-0.05, 0) is 6.07 Å². The number of hydrogen-bond acceptors (Lipinski definition) is 4. The zero-order valence-corrected chi connectivity index (χ0v) is 10.0. The maximum atomic E-state index is 10.1. The zero-order chi connectivity index (χ0) is 12.1. The average molecular weight is 293 g/mol. The van der Waals surface area contributed by atoms with E-state index in [1.54, 1.807) is 12.1 Å². The monoisotopic (exact) mass is 291 g/mol. The summed E-state index contributed by atoms with van der Waals surface area (Å²) in [5, 5.41) is 10.3. The van der Waals surface area contributed by atoms with Gasteiger partial charge in [0.25, 0.3) is 5.69 Å². The van der Waals surface area contributed by atoms with Crippen LogP contribution in [-0.2, 0) is 8.26 Å². The first-order valence-corrected chi connectivity index (χ1v) is 6.76. The van der Waals surface area contributed by atoms with Crippen molar-refractivity contribution in [1.29, 1.82) is 0 Å². The van der Waals surface area contributed by atoms with E-state index in [9.17, 15) is 10.1 Å². The van der Waals surface area contributed by atoms with Crippen molar-refractivity contribution in [3.8, 4) is 0 Å². The van der Waals surface area contributed by atoms with Crippen molar-refractivity contribution in [3.63, 3.8) is 0 Å². The summed E-state index contributed by atoms with van der Waals surface area (Å²) in [6.07, 6.45) is 0. The molecule has 0 N–H and O–H groups in total. The third kappa shape index (κ3) is 8.44. The molecule has 0 heterocycles. The van der Waals surface area contributed by atoms with Crippen LogP contribution in [0.5, 0.6) is 0 Å². The van der Waals surface area contributed by atoms with Crippen LogP contribution in [0, 0.1) is 10.1 Å². The highest BCUT2D eigenvalue weighted by atomic mass is 36.0. The molecule has 0 spiro atoms. The van der Waals surface area contributed by atoms with Crippen LogP contribution in [0.3, 0.4) is 0 Å². The first-order chi connectivity index (χ1) is 6.72. The fourth-order valence-electron chi connectivity index (χ4n) is 0.600. The van der Waals surface area contributed by atoms with Crippen molar-refractivity contribution >= 4 is 46.9 Å². The Morgan fingerprint density at radius 2 is 1.60 bits per heavy atom. The molecule has 0 radical (unpaired) electrons. The molecule has 1 rings (SSSR count). The fraction of sp³-hybridized carbons (Fsp3) is 0. The maximum absolute atomic E-state index is 10.1. The van der Waals surface area contributed by atoms with Gasteiger partial charge in [-0.1, -0.05) is 23.7 Å². The number of para-hydroxylation sites is 1. The normalized spacial score (nSPS) is 10.1. The van der Waals surface area contributed by atoms with Crippen LogP contribution in [0.25, 0.3) is 0 Å². The second kappa shape index (κ2) is 6.12. The number of benzene rings is 1. The second-order valence-electron chi connectivity index (χ2n) is 2.09. The molecule has 15 heavy (non-hydrogen) atoms. The topological polar surface area (TPSA) is 77.3 Å². The van der Waals surface area contributed by atoms with Crippen LogP contribution in [0.4, 0.5) is 5.69 Å². The van der Waals surface area contributed by atoms with E-state index in [1.165, 1.54) is 12.1 Å². The highest BCUT2D eigenvalue weighted by Crippen LogP contribution is 2.21. The van der Waals surface area contributed by atoms with Gasteiger partial charge in [-0.2, -0.15) is 8.42 Å². The molecule has 0 fully saturated rings. The lowest BCUT2D eigenvalue weighted by atomic mass is 10.3. The SMILES string of the molecule is O=S(=O)(Cl)Cl.O=[N+]([O-])c1ccccc1Cl. The Hall–Kier alpha value is -0.560. The third-order valence-corrected chi connectivity index (χ3v) is 1.37. The quantitative estimate of drug-likeness (QED) is 0.453. The van der Waals surface area contributed by atoms with Gasteiger partial charge in [-0.25, -0.2) is 0 Å². The summed E-state index contributed by atoms with van der Waals surface area (Å²) in [5.74, 6) is 0. The van der Waals surface area contributed by atoms with Crippen LogP contribution < -0.4 is 0 Å². The highest BCUT2D eigenvalue weighted by Gasteiger charge is 2.08. The van der Waals surface area contributed by atoms with E-state index in [-0.39, 0.29) is 10.7 Å². The van der Waals surface area contributed by atoms with Crippen LogP contribution in [0.15, 0.2) is 24.3 Å². The van der Waals surface area contributed by atoms with Crippen molar-refractivity contribution < 1.29 is 13.3 Å². The molecule has 0 aliphatic rings. The van der Waals surface area contributed by atoms with Gasteiger partial charge in [0, 0.05) is 27.4 Å². The number of rotatable bonds is 1. The van der Waals surface area contributed by atoms with Gasteiger partial charge in [-0.3, -0.25) is 10.1 Å². The molecule has 0 aliphatic carbocycles. The van der Waals surface area contributed by atoms with Crippen molar-refractivity contribution in [2.75, 3.05) is 0 Å². The number of halogens is 3. The molecule has 1 aromatic rings. The Labute approximate surface area is 99.6 Å². The van der Waals surface area contributed by atoms with Crippen LogP contribution in [0.2, 0.25) is 5.02 Å². The summed E-state index contributed by atoms with van der Waals surface area (Å²) in [6.45, 7) is 0. The van der Waals surface area contributed by atoms with Gasteiger partial charge in [0.05, 0.1) is 4.92 Å². The molecule has 0 saturated heterocycles. The summed E-state index contributed by atoms with van der Waals surface area (Å²) >= 11 is 5.48. The van der Waals surface area contributed by atoms with Crippen LogP contribution in [0.1, 0.15) is 0 Å². The van der Waals surface area contributed by atoms with Crippen molar-refractivity contribution in [2.45, 2.75) is 0 Å². The van der Waals surface area contributed by atoms with Crippen LogP contribution in [-0.4, -0.2) is 13.3 Å². The smallest absolute Gasteiger partial charge is 0.258 e. The van der Waals surface area contributed by atoms with Gasteiger partial charge >= 0.3 is 8.26 Å². The number of nitro groups is 1. The molecule has 0 bridgehead atoms. The summed E-state index contributed by atoms with van der Waals surface area (Å²) in [5.41, 5.74) is -0.0517. The maximum Gasteiger partial charge on any atom is 0.317 e. The Bertz CT molecular complexity index is 439. The summed E-state index contributed by atoms with van der Waals surface area (Å²) < 4.78 is 18.3. The molecule has 84 valence electrons. The van der Waals surface area contributed by atoms with Gasteiger partial charge in [-0.15, -0.1) is 0 Å². The number of nitro benzene ring substituents is 1. The molecule has 0 aromatic heterocycles.